The summed E-state index contributed by atoms with van der Waals surface area (Å²) in [5.74, 6) is 0. The Labute approximate surface area is 69.2 Å². The second-order valence-corrected chi connectivity index (χ2v) is 2.44. The van der Waals surface area contributed by atoms with Gasteiger partial charge < -0.3 is 0 Å². The van der Waals surface area contributed by atoms with Gasteiger partial charge in [-0.1, -0.05) is 0 Å². The molecule has 0 unspecified atom stereocenters. The standard InChI is InChI=1S/C7H6N.Zr/c1-6-4-2-3-5-7(6)8;/h1-5,8H;/q-1;. The molecule has 0 amide bonds. The number of hydrogen-bond acceptors (Lipinski definition) is 0. The van der Waals surface area contributed by atoms with Crippen LogP contribution in [-0.4, -0.2) is 3.71 Å². The van der Waals surface area contributed by atoms with E-state index in [2.05, 4.69) is 0 Å². The Bertz CT molecular complexity index is 220. The molecule has 44 valence electrons. The summed E-state index contributed by atoms with van der Waals surface area (Å²) in [6, 6.07) is 7.59. The zero-order valence-corrected chi connectivity index (χ0v) is 7.34. The summed E-state index contributed by atoms with van der Waals surface area (Å²) < 4.78 is 2.02. The molecule has 0 saturated heterocycles. The van der Waals surface area contributed by atoms with E-state index in [4.69, 9.17) is 5.73 Å². The van der Waals surface area contributed by atoms with Crippen LogP contribution in [0.15, 0.2) is 24.3 Å². The number of rotatable bonds is 1. The molecular weight excluding hydrogens is 189 g/mol. The minimum absolute atomic E-state index is 0.620. The van der Waals surface area contributed by atoms with Crippen LogP contribution in [0, 0.1) is 0 Å². The summed E-state index contributed by atoms with van der Waals surface area (Å²) in [4.78, 5) is 0. The monoisotopic (exact) mass is 194 g/mol. The van der Waals surface area contributed by atoms with E-state index in [0.29, 0.717) is 5.69 Å². The first-order valence-corrected chi connectivity index (χ1v) is 4.07. The van der Waals surface area contributed by atoms with E-state index in [0.717, 1.165) is 5.56 Å². The van der Waals surface area contributed by atoms with Crippen molar-refractivity contribution < 1.29 is 24.2 Å². The molecule has 1 rings (SSSR count). The SMILES string of the molecule is [NH-]c1ccccc1[CH]=[Zr]. The molecule has 0 aliphatic rings. The maximum atomic E-state index is 7.35. The average molecular weight is 195 g/mol. The molecule has 1 nitrogen and oxygen atoms in total. The van der Waals surface area contributed by atoms with Crippen molar-refractivity contribution in [2.75, 3.05) is 0 Å². The zero-order chi connectivity index (χ0) is 6.69. The topological polar surface area (TPSA) is 23.8 Å². The van der Waals surface area contributed by atoms with Crippen LogP contribution >= 0.6 is 0 Å². The van der Waals surface area contributed by atoms with Crippen LogP contribution in [0.5, 0.6) is 0 Å². The van der Waals surface area contributed by atoms with Crippen molar-refractivity contribution in [3.63, 3.8) is 0 Å². The molecule has 1 aromatic carbocycles. The Hall–Kier alpha value is -0.227. The second kappa shape index (κ2) is 3.07. The molecule has 0 aliphatic carbocycles. The van der Waals surface area contributed by atoms with E-state index in [1.165, 1.54) is 24.2 Å². The first-order valence-electron chi connectivity index (χ1n) is 2.65. The molecule has 0 heterocycles. The number of benzene rings is 1. The van der Waals surface area contributed by atoms with Crippen LogP contribution < -0.4 is 0 Å². The normalized spacial score (nSPS) is 8.78. The Morgan fingerprint density at radius 2 is 2.00 bits per heavy atom. The van der Waals surface area contributed by atoms with E-state index in [1.807, 2.05) is 21.9 Å². The van der Waals surface area contributed by atoms with Crippen molar-refractivity contribution in [3.05, 3.63) is 35.6 Å². The van der Waals surface area contributed by atoms with Crippen molar-refractivity contribution in [1.82, 2.24) is 0 Å². The molecule has 0 aromatic heterocycles. The third-order valence-electron chi connectivity index (χ3n) is 1.12. The molecule has 0 bridgehead atoms. The third-order valence-corrected chi connectivity index (χ3v) is 1.88. The van der Waals surface area contributed by atoms with Gasteiger partial charge in [0, 0.05) is 0 Å². The van der Waals surface area contributed by atoms with Gasteiger partial charge in [0.05, 0.1) is 0 Å². The maximum absolute atomic E-state index is 7.35. The fourth-order valence-electron chi connectivity index (χ4n) is 0.623. The molecule has 0 saturated carbocycles. The first-order chi connectivity index (χ1) is 4.34. The molecular formula is C7H6NZr-. The van der Waals surface area contributed by atoms with Gasteiger partial charge in [0.15, 0.2) is 0 Å². The van der Waals surface area contributed by atoms with Crippen molar-refractivity contribution in [2.45, 2.75) is 0 Å². The minimum atomic E-state index is 0.620. The van der Waals surface area contributed by atoms with Gasteiger partial charge in [-0.05, 0) is 0 Å². The van der Waals surface area contributed by atoms with Crippen molar-refractivity contribution in [3.8, 4) is 0 Å². The molecule has 9 heavy (non-hydrogen) atoms. The molecule has 0 atom stereocenters. The molecule has 0 radical (unpaired) electrons. The van der Waals surface area contributed by atoms with Gasteiger partial charge >= 0.3 is 69.2 Å². The first kappa shape index (κ1) is 6.89. The van der Waals surface area contributed by atoms with E-state index in [9.17, 15) is 0 Å². The summed E-state index contributed by atoms with van der Waals surface area (Å²) in [6.07, 6.45) is 0. The summed E-state index contributed by atoms with van der Waals surface area (Å²) in [7, 11) is 0. The van der Waals surface area contributed by atoms with E-state index >= 15 is 0 Å². The molecule has 1 N–H and O–H groups in total. The third kappa shape index (κ3) is 1.59. The van der Waals surface area contributed by atoms with E-state index in [-0.39, 0.29) is 0 Å². The Morgan fingerprint density at radius 3 is 2.44 bits per heavy atom. The average Bonchev–Trinajstić information content (AvgIpc) is 1.89. The molecule has 0 fully saturated rings. The van der Waals surface area contributed by atoms with Crippen LogP contribution in [0.1, 0.15) is 5.56 Å². The van der Waals surface area contributed by atoms with Crippen LogP contribution in [0.2, 0.25) is 0 Å². The summed E-state index contributed by atoms with van der Waals surface area (Å²) in [5, 5.41) is 0. The molecule has 0 spiro atoms. The summed E-state index contributed by atoms with van der Waals surface area (Å²) in [6.45, 7) is 0. The molecule has 1 aromatic rings. The van der Waals surface area contributed by atoms with Gasteiger partial charge in [0.25, 0.3) is 0 Å². The number of nitrogens with one attached hydrogen (secondary N) is 1. The fourth-order valence-corrected chi connectivity index (χ4v) is 1.24. The van der Waals surface area contributed by atoms with E-state index < -0.39 is 0 Å². The van der Waals surface area contributed by atoms with Crippen LogP contribution in [0.4, 0.5) is 5.69 Å². The molecule has 0 aliphatic heterocycles. The van der Waals surface area contributed by atoms with E-state index in [1.54, 1.807) is 6.07 Å². The van der Waals surface area contributed by atoms with Gasteiger partial charge in [0.1, 0.15) is 0 Å². The second-order valence-electron chi connectivity index (χ2n) is 1.73. The Kier molecular flexibility index (Phi) is 2.35. The Balaban J connectivity index is 3.15. The Morgan fingerprint density at radius 1 is 1.33 bits per heavy atom. The van der Waals surface area contributed by atoms with Gasteiger partial charge in [-0.25, -0.2) is 0 Å². The zero-order valence-electron chi connectivity index (χ0n) is 4.89. The van der Waals surface area contributed by atoms with Crippen LogP contribution in [0.25, 0.3) is 5.73 Å². The summed E-state index contributed by atoms with van der Waals surface area (Å²) >= 11 is 1.35. The fraction of sp³-hybridized carbons (Fsp3) is 0. The van der Waals surface area contributed by atoms with Gasteiger partial charge in [0.2, 0.25) is 0 Å². The van der Waals surface area contributed by atoms with Gasteiger partial charge in [-0.2, -0.15) is 0 Å². The van der Waals surface area contributed by atoms with Crippen molar-refractivity contribution in [1.29, 1.82) is 0 Å². The van der Waals surface area contributed by atoms with Gasteiger partial charge in [-0.15, -0.1) is 0 Å². The number of hydrogen-bond donors (Lipinski definition) is 0. The van der Waals surface area contributed by atoms with Crippen molar-refractivity contribution in [2.24, 2.45) is 0 Å². The quantitative estimate of drug-likeness (QED) is 0.655. The van der Waals surface area contributed by atoms with Crippen LogP contribution in [0.3, 0.4) is 0 Å². The predicted molar refractivity (Wildman–Crippen MR) is 35.6 cm³/mol. The van der Waals surface area contributed by atoms with Gasteiger partial charge in [-0.3, -0.25) is 0 Å². The molecule has 2 heteroatoms. The van der Waals surface area contributed by atoms with Crippen molar-refractivity contribution >= 4 is 9.40 Å². The van der Waals surface area contributed by atoms with Crippen LogP contribution in [-0.2, 0) is 24.2 Å². The predicted octanol–water partition coefficient (Wildman–Crippen LogP) is 2.07. The summed E-state index contributed by atoms with van der Waals surface area (Å²) in [5.41, 5.74) is 9.01.